The molecule has 2 N–H and O–H groups in total. The van der Waals surface area contributed by atoms with E-state index in [9.17, 15) is 10.2 Å². The zero-order chi connectivity index (χ0) is 73.5. The average Bonchev–Trinajstić information content (AvgIpc) is 1.61. The minimum absolute atomic E-state index is 0. The molecule has 2 aromatic heterocycles. The zero-order valence-corrected chi connectivity index (χ0v) is 70.9. The van der Waals surface area contributed by atoms with Crippen molar-refractivity contribution in [3.63, 3.8) is 0 Å². The van der Waals surface area contributed by atoms with E-state index in [1.54, 1.807) is 0 Å². The first kappa shape index (κ1) is 78.2. The van der Waals surface area contributed by atoms with Gasteiger partial charge in [-0.05, 0) is 209 Å². The van der Waals surface area contributed by atoms with Crippen LogP contribution in [0.15, 0.2) is 133 Å². The minimum atomic E-state index is -1.87. The maximum atomic E-state index is 14.7. The molecule has 10 rings (SSSR count). The molecule has 0 aliphatic heterocycles. The molecule has 0 fully saturated rings. The summed E-state index contributed by atoms with van der Waals surface area (Å²) in [6.45, 7) is 69.2. The quantitative estimate of drug-likeness (QED) is 0.0647. The van der Waals surface area contributed by atoms with E-state index in [0.717, 1.165) is 102 Å². The van der Waals surface area contributed by atoms with E-state index in [4.69, 9.17) is 9.47 Å². The van der Waals surface area contributed by atoms with Crippen LogP contribution in [0.1, 0.15) is 275 Å². The van der Waals surface area contributed by atoms with E-state index in [0.29, 0.717) is 6.42 Å². The van der Waals surface area contributed by atoms with Crippen LogP contribution in [0.25, 0.3) is 66.0 Å². The number of aliphatic hydroxyl groups is 1. The van der Waals surface area contributed by atoms with Crippen LogP contribution in [0, 0.1) is 30.1 Å². The van der Waals surface area contributed by atoms with Gasteiger partial charge in [0.05, 0.1) is 29.9 Å². The van der Waals surface area contributed by atoms with Crippen molar-refractivity contribution in [1.82, 2.24) is 9.13 Å². The van der Waals surface area contributed by atoms with Gasteiger partial charge in [-0.25, -0.2) is 0 Å². The fraction of sp³-hybridized carbons (Fsp3) is 0.505. The molecule has 2 heterocycles. The van der Waals surface area contributed by atoms with Gasteiger partial charge in [-0.3, -0.25) is 0 Å². The summed E-state index contributed by atoms with van der Waals surface area (Å²) < 4.78 is 19.5. The third-order valence-electron chi connectivity index (χ3n) is 21.1. The summed E-state index contributed by atoms with van der Waals surface area (Å²) in [5, 5.41) is 33.0. The molecule has 7 heteroatoms. The van der Waals surface area contributed by atoms with Gasteiger partial charge in [0.2, 0.25) is 5.79 Å². The molecular weight excluding hydrogens is 1390 g/mol. The zero-order valence-electron chi connectivity index (χ0n) is 67.3. The van der Waals surface area contributed by atoms with Gasteiger partial charge < -0.3 is 28.8 Å². The van der Waals surface area contributed by atoms with Crippen molar-refractivity contribution >= 4 is 49.2 Å². The largest absolute Gasteiger partial charge is 0.505 e. The second-order valence-corrected chi connectivity index (χ2v) is 39.9. The number of phenols is 1. The molecule has 534 valence electrons. The van der Waals surface area contributed by atoms with Crippen molar-refractivity contribution in [2.75, 3.05) is 13.2 Å². The Balaban J connectivity index is 0.0000117. The summed E-state index contributed by atoms with van der Waals surface area (Å²) >= 11 is 0. The first-order valence-electron chi connectivity index (χ1n) is 37.0. The van der Waals surface area contributed by atoms with Crippen LogP contribution in [-0.2, 0) is 68.5 Å². The predicted molar refractivity (Wildman–Crippen MR) is 427 cm³/mol. The second kappa shape index (κ2) is 26.6. The Kier molecular flexibility index (Phi) is 20.8. The molecule has 0 saturated heterocycles. The van der Waals surface area contributed by atoms with E-state index in [1.807, 2.05) is 0 Å². The third-order valence-corrected chi connectivity index (χ3v) is 21.1. The Labute approximate surface area is 622 Å². The molecule has 0 spiro atoms. The van der Waals surface area contributed by atoms with Crippen LogP contribution in [0.4, 0.5) is 0 Å². The molecule has 2 atom stereocenters. The molecule has 1 aliphatic rings. The Morgan fingerprint density at radius 2 is 0.840 bits per heavy atom. The summed E-state index contributed by atoms with van der Waals surface area (Å²) in [6, 6.07) is 42.9. The normalized spacial score (nSPS) is 16.6. The minimum Gasteiger partial charge on any atom is -0.505 e. The Hall–Kier alpha value is -5.99. The molecule has 0 bridgehead atoms. The van der Waals surface area contributed by atoms with Gasteiger partial charge in [0.25, 0.3) is 0 Å². The van der Waals surface area contributed by atoms with Gasteiger partial charge in [0, 0.05) is 81.5 Å². The number of benzene rings is 7. The van der Waals surface area contributed by atoms with Crippen LogP contribution < -0.4 is 4.74 Å². The van der Waals surface area contributed by atoms with Crippen molar-refractivity contribution in [2.24, 2.45) is 16.2 Å². The molecule has 100 heavy (non-hydrogen) atoms. The maximum Gasteiger partial charge on any atom is 0.218 e. The third kappa shape index (κ3) is 15.9. The number of nitrogens with zero attached hydrogens (tertiary/aromatic N) is 2. The summed E-state index contributed by atoms with van der Waals surface area (Å²) in [5.74, 6) is -0.956. The standard InChI is InChI=1S/C93H124N2O4.Hf/c1-57-42-59(45-64(43-57)89(21,22)23)74-52-67(92(29,30)56-84(6,7)8)54-80(95-77-38-34-62(87(15,16)17)48-70(77)71-49-63(88(18,19)20)35-39-78(71)95)93(74,97)99-41-31-40-98-82-58(2)44-65(90(24,25)26)50-73(82)72-51-66(91(27,28)55-83(3,4)5)53-79(81(72)96)94-75-36-32-60(85(9,10)11)46-68(75)69-47-61(86(12,13)14)33-37-76(69)94;/h32-39,42-54,80,96-97H,31,40-41,55-56H2,1-30H3;. The van der Waals surface area contributed by atoms with Crippen molar-refractivity contribution < 1.29 is 45.5 Å². The topological polar surface area (TPSA) is 68.8 Å². The van der Waals surface area contributed by atoms with E-state index < -0.39 is 11.8 Å². The number of hydrogen-bond acceptors (Lipinski definition) is 4. The summed E-state index contributed by atoms with van der Waals surface area (Å²) in [5.41, 5.74) is 18.7. The fourth-order valence-electron chi connectivity index (χ4n) is 16.0. The first-order chi connectivity index (χ1) is 45.2. The summed E-state index contributed by atoms with van der Waals surface area (Å²) in [6.07, 6.45) is 6.91. The van der Waals surface area contributed by atoms with Gasteiger partial charge in [-0.2, -0.15) is 0 Å². The maximum absolute atomic E-state index is 14.7. The van der Waals surface area contributed by atoms with Gasteiger partial charge in [-0.15, -0.1) is 0 Å². The number of ether oxygens (including phenoxy) is 2. The predicted octanol–water partition coefficient (Wildman–Crippen LogP) is 25.6. The van der Waals surface area contributed by atoms with Gasteiger partial charge in [-0.1, -0.05) is 254 Å². The van der Waals surface area contributed by atoms with Crippen LogP contribution in [0.2, 0.25) is 0 Å². The monoisotopic (exact) mass is 1510 g/mol. The Bertz CT molecular complexity index is 4510. The fourth-order valence-corrected chi connectivity index (χ4v) is 16.0. The number of allylic oxidation sites excluding steroid dienone is 2. The van der Waals surface area contributed by atoms with Gasteiger partial charge in [0.1, 0.15) is 17.5 Å². The van der Waals surface area contributed by atoms with Gasteiger partial charge >= 0.3 is 0 Å². The van der Waals surface area contributed by atoms with Crippen molar-refractivity contribution in [3.8, 4) is 28.3 Å². The van der Waals surface area contributed by atoms with Crippen molar-refractivity contribution in [2.45, 2.75) is 277 Å². The van der Waals surface area contributed by atoms with E-state index >= 15 is 0 Å². The average molecular weight is 1510 g/mol. The number of rotatable bonds is 14. The summed E-state index contributed by atoms with van der Waals surface area (Å²) in [4.78, 5) is 0. The number of aromatic nitrogens is 2. The smallest absolute Gasteiger partial charge is 0.218 e. The molecule has 0 saturated carbocycles. The van der Waals surface area contributed by atoms with Crippen LogP contribution in [0.5, 0.6) is 11.5 Å². The number of phenolic OH excluding ortho intramolecular Hbond substituents is 1. The van der Waals surface area contributed by atoms with Crippen molar-refractivity contribution in [1.29, 1.82) is 0 Å². The Morgan fingerprint density at radius 1 is 0.430 bits per heavy atom. The SMILES string of the molecule is Cc1cc(C2=CC(C(C)(C)CC(C)(C)C)=CC(n3c4ccc(C(C)(C)C)cc4c4cc(C(C)(C)C)ccc43)C2(O)OCCCOc2c(C)cc(C(C)(C)C)cc2-c2cc(C(C)(C)CC(C)(C)C)cc(-n3c4ccc(C(C)(C)C)cc4c4cc(C(C)(C)C)ccc43)c2O)cc(C(C)(C)C)c1.[Hf]. The number of aryl methyl sites for hydroxylation is 2. The molecule has 2 unspecified atom stereocenters. The van der Waals surface area contributed by atoms with Crippen LogP contribution in [-0.4, -0.2) is 38.3 Å². The number of fused-ring (bicyclic) bond motifs is 6. The van der Waals surface area contributed by atoms with Gasteiger partial charge in [0.15, 0.2) is 0 Å². The molecule has 0 radical (unpaired) electrons. The number of aromatic hydroxyl groups is 1. The molecule has 9 aromatic rings. The number of hydrogen-bond donors (Lipinski definition) is 2. The second-order valence-electron chi connectivity index (χ2n) is 39.9. The first-order valence-corrected chi connectivity index (χ1v) is 37.0. The van der Waals surface area contributed by atoms with E-state index in [-0.39, 0.29) is 99.0 Å². The van der Waals surface area contributed by atoms with Crippen LogP contribution >= 0.6 is 0 Å². The summed E-state index contributed by atoms with van der Waals surface area (Å²) in [7, 11) is 0. The molecule has 6 nitrogen and oxygen atoms in total. The molecule has 7 aromatic carbocycles. The Morgan fingerprint density at radius 3 is 1.28 bits per heavy atom. The van der Waals surface area contributed by atoms with E-state index in [2.05, 4.69) is 344 Å². The molecule has 0 amide bonds. The molecular formula is C93H124HfN2O4. The van der Waals surface area contributed by atoms with Crippen molar-refractivity contribution in [3.05, 3.63) is 189 Å². The van der Waals surface area contributed by atoms with E-state index in [1.165, 1.54) is 44.2 Å². The molecule has 1 aliphatic carbocycles. The van der Waals surface area contributed by atoms with Crippen LogP contribution in [0.3, 0.4) is 0 Å².